The molecule has 3 aromatic rings. The van der Waals surface area contributed by atoms with E-state index in [1.807, 2.05) is 60.0 Å². The molecule has 182 valence electrons. The molecule has 4 rings (SSSR count). The number of amides is 2. The largest absolute Gasteiger partial charge is 0.484 e. The van der Waals surface area contributed by atoms with Gasteiger partial charge in [0.1, 0.15) is 17.5 Å². The molecular weight excluding hydrogens is 488 g/mol. The number of thioether (sulfide) groups is 1. The molecule has 3 atom stereocenters. The van der Waals surface area contributed by atoms with E-state index in [9.17, 15) is 19.5 Å². The maximum Gasteiger partial charge on any atom is 0.322 e. The molecule has 2 amide bonds. The van der Waals surface area contributed by atoms with Crippen molar-refractivity contribution < 1.29 is 29.3 Å². The SMILES string of the molecule is O=C(O)CNC(=O)COc1ccc([C@H]2[C@H](SCC(O)c3cccs3)C(=O)N2c2ccccc2)cc1. The summed E-state index contributed by atoms with van der Waals surface area (Å²) in [6.45, 7) is -0.768. The van der Waals surface area contributed by atoms with Gasteiger partial charge in [-0.1, -0.05) is 36.4 Å². The Morgan fingerprint density at radius 2 is 1.83 bits per heavy atom. The van der Waals surface area contributed by atoms with E-state index in [2.05, 4.69) is 5.32 Å². The summed E-state index contributed by atoms with van der Waals surface area (Å²) in [5, 5.41) is 22.9. The van der Waals surface area contributed by atoms with Crippen molar-refractivity contribution in [3.05, 3.63) is 82.6 Å². The normalized spacial score (nSPS) is 18.0. The van der Waals surface area contributed by atoms with Gasteiger partial charge in [0, 0.05) is 16.3 Å². The molecule has 3 N–H and O–H groups in total. The smallest absolute Gasteiger partial charge is 0.322 e. The van der Waals surface area contributed by atoms with Gasteiger partial charge in [-0.05, 0) is 41.3 Å². The number of aliphatic hydroxyl groups excluding tert-OH is 1. The van der Waals surface area contributed by atoms with E-state index in [0.29, 0.717) is 11.5 Å². The Kier molecular flexibility index (Phi) is 8.06. The minimum atomic E-state index is -1.13. The molecule has 1 aliphatic heterocycles. The van der Waals surface area contributed by atoms with Crippen molar-refractivity contribution in [3.63, 3.8) is 0 Å². The Labute approximate surface area is 210 Å². The van der Waals surface area contributed by atoms with Crippen LogP contribution in [0.15, 0.2) is 72.1 Å². The van der Waals surface area contributed by atoms with Crippen LogP contribution in [-0.4, -0.2) is 52.2 Å². The monoisotopic (exact) mass is 512 g/mol. The van der Waals surface area contributed by atoms with E-state index in [4.69, 9.17) is 9.84 Å². The van der Waals surface area contributed by atoms with Crippen LogP contribution in [0, 0.1) is 0 Å². The van der Waals surface area contributed by atoms with Crippen molar-refractivity contribution in [2.75, 3.05) is 23.8 Å². The summed E-state index contributed by atoms with van der Waals surface area (Å²) in [6.07, 6.45) is -0.637. The molecule has 0 bridgehead atoms. The first-order valence-corrected chi connectivity index (χ1v) is 12.8. The third-order valence-corrected chi connectivity index (χ3v) is 7.71. The molecule has 1 saturated heterocycles. The summed E-state index contributed by atoms with van der Waals surface area (Å²) in [7, 11) is 0. The predicted octanol–water partition coefficient (Wildman–Crippen LogP) is 3.25. The second-order valence-corrected chi connectivity index (χ2v) is 9.96. The van der Waals surface area contributed by atoms with Crippen LogP contribution in [0.25, 0.3) is 0 Å². The van der Waals surface area contributed by atoms with Crippen molar-refractivity contribution in [2.24, 2.45) is 0 Å². The number of carboxylic acids is 1. The van der Waals surface area contributed by atoms with E-state index < -0.39 is 24.5 Å². The fourth-order valence-electron chi connectivity index (χ4n) is 3.72. The molecule has 2 heterocycles. The zero-order valence-electron chi connectivity index (χ0n) is 18.6. The zero-order chi connectivity index (χ0) is 24.8. The Hall–Kier alpha value is -3.34. The molecule has 2 aromatic carbocycles. The van der Waals surface area contributed by atoms with E-state index in [1.165, 1.54) is 23.1 Å². The summed E-state index contributed by atoms with van der Waals surface area (Å²) in [5.74, 6) is -0.815. The number of carbonyl (C=O) groups excluding carboxylic acids is 2. The number of thiophene rings is 1. The van der Waals surface area contributed by atoms with Gasteiger partial charge < -0.3 is 25.2 Å². The Morgan fingerprint density at radius 1 is 1.09 bits per heavy atom. The van der Waals surface area contributed by atoms with Crippen LogP contribution < -0.4 is 15.0 Å². The number of anilines is 1. The van der Waals surface area contributed by atoms with Gasteiger partial charge in [-0.25, -0.2) is 0 Å². The van der Waals surface area contributed by atoms with E-state index in [1.54, 1.807) is 17.0 Å². The summed E-state index contributed by atoms with van der Waals surface area (Å²) in [6, 6.07) is 20.1. The number of nitrogens with one attached hydrogen (secondary N) is 1. The van der Waals surface area contributed by atoms with Crippen LogP contribution in [0.5, 0.6) is 5.75 Å². The van der Waals surface area contributed by atoms with Crippen molar-refractivity contribution in [1.82, 2.24) is 5.32 Å². The lowest BCUT2D eigenvalue weighted by molar-refractivity contribution is -0.138. The first-order chi connectivity index (χ1) is 16.9. The molecule has 0 radical (unpaired) electrons. The quantitative estimate of drug-likeness (QED) is 0.338. The van der Waals surface area contributed by atoms with Gasteiger partial charge in [-0.3, -0.25) is 14.4 Å². The number of β-lactam (4-membered cyclic amide) rings is 1. The molecule has 0 spiro atoms. The summed E-state index contributed by atoms with van der Waals surface area (Å²) in [4.78, 5) is 38.0. The lowest BCUT2D eigenvalue weighted by Crippen LogP contribution is -2.57. The lowest BCUT2D eigenvalue weighted by atomic mass is 9.92. The molecule has 1 aromatic heterocycles. The average Bonchev–Trinajstić information content (AvgIpc) is 3.41. The summed E-state index contributed by atoms with van der Waals surface area (Å²) in [5.41, 5.74) is 1.70. The van der Waals surface area contributed by atoms with E-state index in [0.717, 1.165) is 16.1 Å². The third-order valence-electron chi connectivity index (χ3n) is 5.41. The molecule has 8 nitrogen and oxygen atoms in total. The first kappa shape index (κ1) is 24.8. The second-order valence-electron chi connectivity index (χ2n) is 7.80. The van der Waals surface area contributed by atoms with Crippen LogP contribution in [-0.2, 0) is 14.4 Å². The minimum Gasteiger partial charge on any atom is -0.484 e. The van der Waals surface area contributed by atoms with Crippen molar-refractivity contribution in [2.45, 2.75) is 17.4 Å². The number of benzene rings is 2. The van der Waals surface area contributed by atoms with Gasteiger partial charge in [0.25, 0.3) is 5.91 Å². The van der Waals surface area contributed by atoms with Gasteiger partial charge >= 0.3 is 5.97 Å². The van der Waals surface area contributed by atoms with Crippen LogP contribution >= 0.6 is 23.1 Å². The van der Waals surface area contributed by atoms with Gasteiger partial charge in [0.15, 0.2) is 6.61 Å². The maximum atomic E-state index is 13.1. The van der Waals surface area contributed by atoms with Crippen molar-refractivity contribution >= 4 is 46.6 Å². The molecule has 1 aliphatic rings. The van der Waals surface area contributed by atoms with Gasteiger partial charge in [0.05, 0.1) is 12.1 Å². The number of ether oxygens (including phenoxy) is 1. The molecule has 1 fully saturated rings. The number of carboxylic acid groups (broad SMARTS) is 1. The fraction of sp³-hybridized carbons (Fsp3) is 0.240. The van der Waals surface area contributed by atoms with Crippen LogP contribution in [0.2, 0.25) is 0 Å². The van der Waals surface area contributed by atoms with Crippen molar-refractivity contribution in [1.29, 1.82) is 0 Å². The lowest BCUT2D eigenvalue weighted by Gasteiger charge is -2.47. The number of nitrogens with zero attached hydrogens (tertiary/aromatic N) is 1. The standard InChI is InChI=1S/C25H24N2O6S2/c28-19(20-7-4-12-34-20)15-35-24-23(27(25(24)32)17-5-2-1-3-6-17)16-8-10-18(11-9-16)33-14-21(29)26-13-22(30)31/h1-12,19,23-24,28H,13-15H2,(H,26,29)(H,30,31)/t19?,23-,24-/m0/s1. The molecule has 0 aliphatic carbocycles. The summed E-state index contributed by atoms with van der Waals surface area (Å²) < 4.78 is 5.44. The van der Waals surface area contributed by atoms with Crippen LogP contribution in [0.3, 0.4) is 0 Å². The number of rotatable bonds is 11. The van der Waals surface area contributed by atoms with Gasteiger partial charge in [-0.2, -0.15) is 0 Å². The van der Waals surface area contributed by atoms with E-state index in [-0.39, 0.29) is 23.8 Å². The first-order valence-electron chi connectivity index (χ1n) is 10.9. The van der Waals surface area contributed by atoms with Gasteiger partial charge in [-0.15, -0.1) is 23.1 Å². The number of aliphatic carboxylic acids is 1. The Balaban J connectivity index is 1.45. The molecule has 0 saturated carbocycles. The highest BCUT2D eigenvalue weighted by molar-refractivity contribution is 8.00. The predicted molar refractivity (Wildman–Crippen MR) is 135 cm³/mol. The highest BCUT2D eigenvalue weighted by atomic mass is 32.2. The number of hydrogen-bond acceptors (Lipinski definition) is 7. The highest BCUT2D eigenvalue weighted by Crippen LogP contribution is 2.46. The number of hydrogen-bond donors (Lipinski definition) is 3. The second kappa shape index (κ2) is 11.4. The third kappa shape index (κ3) is 6.02. The Bertz CT molecular complexity index is 1150. The summed E-state index contributed by atoms with van der Waals surface area (Å²) >= 11 is 2.92. The van der Waals surface area contributed by atoms with Crippen LogP contribution in [0.4, 0.5) is 5.69 Å². The average molecular weight is 513 g/mol. The van der Waals surface area contributed by atoms with Crippen molar-refractivity contribution in [3.8, 4) is 5.75 Å². The van der Waals surface area contributed by atoms with E-state index >= 15 is 0 Å². The number of para-hydroxylation sites is 1. The van der Waals surface area contributed by atoms with Gasteiger partial charge in [0.2, 0.25) is 5.91 Å². The maximum absolute atomic E-state index is 13.1. The molecule has 10 heteroatoms. The zero-order valence-corrected chi connectivity index (χ0v) is 20.2. The highest BCUT2D eigenvalue weighted by Gasteiger charge is 2.49. The topological polar surface area (TPSA) is 116 Å². The minimum absolute atomic E-state index is 0.0139. The number of carbonyl (C=O) groups is 3. The van der Waals surface area contributed by atoms with Crippen LogP contribution in [0.1, 0.15) is 22.6 Å². The molecule has 1 unspecified atom stereocenters. The number of aliphatic hydroxyl groups is 1. The molecular formula is C25H24N2O6S2. The molecule has 35 heavy (non-hydrogen) atoms. The Morgan fingerprint density at radius 3 is 2.49 bits per heavy atom. The fourth-order valence-corrected chi connectivity index (χ4v) is 5.82.